The third-order valence-electron chi connectivity index (χ3n) is 3.39. The Balaban J connectivity index is 2.05. The molecule has 1 aromatic carbocycles. The van der Waals surface area contributed by atoms with Crippen LogP contribution in [-0.4, -0.2) is 10.8 Å². The minimum absolute atomic E-state index is 0.279. The highest BCUT2D eigenvalue weighted by atomic mass is 16.1. The van der Waals surface area contributed by atoms with E-state index in [1.807, 2.05) is 6.07 Å². The zero-order valence-corrected chi connectivity index (χ0v) is 9.92. The summed E-state index contributed by atoms with van der Waals surface area (Å²) in [5.74, 6) is 0.279. The number of hydrogen-bond donors (Lipinski definition) is 1. The Morgan fingerprint density at radius 1 is 1.12 bits per heavy atom. The molecule has 1 N–H and O–H groups in total. The van der Waals surface area contributed by atoms with Crippen LogP contribution in [0, 0.1) is 6.92 Å². The Labute approximate surface area is 101 Å². The summed E-state index contributed by atoms with van der Waals surface area (Å²) in [7, 11) is 0. The fraction of sp³-hybridized carbons (Fsp3) is 0.267. The molecule has 2 nitrogen and oxygen atoms in total. The molecule has 1 aliphatic rings. The maximum absolute atomic E-state index is 11.8. The molecule has 2 heteroatoms. The summed E-state index contributed by atoms with van der Waals surface area (Å²) in [5, 5.41) is 0. The first-order chi connectivity index (χ1) is 8.24. The van der Waals surface area contributed by atoms with Crippen molar-refractivity contribution in [3.05, 3.63) is 47.2 Å². The first kappa shape index (κ1) is 10.3. The van der Waals surface area contributed by atoms with Crippen molar-refractivity contribution in [2.75, 3.05) is 0 Å². The van der Waals surface area contributed by atoms with E-state index in [1.54, 1.807) is 0 Å². The second-order valence-corrected chi connectivity index (χ2v) is 4.72. The van der Waals surface area contributed by atoms with E-state index in [2.05, 4.69) is 36.2 Å². The van der Waals surface area contributed by atoms with Crippen LogP contribution in [0.1, 0.15) is 34.5 Å². The number of nitrogens with one attached hydrogen (secondary N) is 1. The molecule has 17 heavy (non-hydrogen) atoms. The molecule has 0 bridgehead atoms. The number of aromatic nitrogens is 1. The fourth-order valence-electron chi connectivity index (χ4n) is 2.39. The molecule has 0 amide bonds. The van der Waals surface area contributed by atoms with Crippen LogP contribution >= 0.6 is 0 Å². The van der Waals surface area contributed by atoms with Crippen molar-refractivity contribution in [3.63, 3.8) is 0 Å². The molecule has 0 atom stereocenters. The van der Waals surface area contributed by atoms with E-state index in [4.69, 9.17) is 0 Å². The molecule has 1 aliphatic carbocycles. The lowest BCUT2D eigenvalue weighted by molar-refractivity contribution is 0.0972. The van der Waals surface area contributed by atoms with Gasteiger partial charge in [-0.25, -0.2) is 0 Å². The van der Waals surface area contributed by atoms with E-state index in [1.165, 1.54) is 5.56 Å². The van der Waals surface area contributed by atoms with Crippen LogP contribution in [0.4, 0.5) is 0 Å². The van der Waals surface area contributed by atoms with Crippen molar-refractivity contribution in [2.24, 2.45) is 0 Å². The van der Waals surface area contributed by atoms with E-state index in [0.29, 0.717) is 6.42 Å². The predicted molar refractivity (Wildman–Crippen MR) is 68.2 cm³/mol. The van der Waals surface area contributed by atoms with Crippen LogP contribution in [0.25, 0.3) is 11.3 Å². The van der Waals surface area contributed by atoms with Crippen molar-refractivity contribution in [3.8, 4) is 11.3 Å². The number of carbonyl (C=O) groups excluding carboxylic acids is 1. The molecule has 2 aromatic rings. The van der Waals surface area contributed by atoms with Gasteiger partial charge in [0.05, 0.1) is 0 Å². The van der Waals surface area contributed by atoms with Crippen molar-refractivity contribution in [2.45, 2.75) is 26.2 Å². The summed E-state index contributed by atoms with van der Waals surface area (Å²) in [5.41, 5.74) is 5.47. The van der Waals surface area contributed by atoms with Gasteiger partial charge in [0.2, 0.25) is 0 Å². The highest BCUT2D eigenvalue weighted by molar-refractivity contribution is 5.99. The number of benzene rings is 1. The summed E-state index contributed by atoms with van der Waals surface area (Å²) >= 11 is 0. The molecule has 86 valence electrons. The first-order valence-electron chi connectivity index (χ1n) is 6.06. The zero-order valence-electron chi connectivity index (χ0n) is 9.92. The fourth-order valence-corrected chi connectivity index (χ4v) is 2.39. The van der Waals surface area contributed by atoms with Crippen LogP contribution in [-0.2, 0) is 6.42 Å². The van der Waals surface area contributed by atoms with E-state index in [-0.39, 0.29) is 5.78 Å². The minimum atomic E-state index is 0.279. The lowest BCUT2D eigenvalue weighted by Gasteiger charge is -2.08. The quantitative estimate of drug-likeness (QED) is 0.791. The number of aryl methyl sites for hydroxylation is 2. The minimum Gasteiger partial charge on any atom is -0.358 e. The molecule has 0 saturated heterocycles. The van der Waals surface area contributed by atoms with Crippen molar-refractivity contribution in [1.29, 1.82) is 0 Å². The average Bonchev–Trinajstić information content (AvgIpc) is 2.75. The molecule has 1 heterocycles. The Morgan fingerprint density at radius 2 is 1.88 bits per heavy atom. The van der Waals surface area contributed by atoms with E-state index >= 15 is 0 Å². The van der Waals surface area contributed by atoms with Gasteiger partial charge in [0, 0.05) is 23.4 Å². The molecule has 3 rings (SSSR count). The number of rotatable bonds is 1. The molecule has 0 aliphatic heterocycles. The lowest BCUT2D eigenvalue weighted by Crippen LogP contribution is -2.08. The lowest BCUT2D eigenvalue weighted by atomic mass is 9.97. The monoisotopic (exact) mass is 225 g/mol. The molecular formula is C15H15NO. The third-order valence-corrected chi connectivity index (χ3v) is 3.39. The van der Waals surface area contributed by atoms with Crippen molar-refractivity contribution < 1.29 is 4.79 Å². The Kier molecular flexibility index (Phi) is 2.36. The molecule has 0 saturated carbocycles. The van der Waals surface area contributed by atoms with Crippen molar-refractivity contribution in [1.82, 2.24) is 4.98 Å². The first-order valence-corrected chi connectivity index (χ1v) is 6.06. The van der Waals surface area contributed by atoms with Gasteiger partial charge in [0.25, 0.3) is 0 Å². The van der Waals surface area contributed by atoms with Crippen LogP contribution in [0.5, 0.6) is 0 Å². The van der Waals surface area contributed by atoms with Crippen molar-refractivity contribution >= 4 is 5.78 Å². The Hall–Kier alpha value is -1.83. The summed E-state index contributed by atoms with van der Waals surface area (Å²) in [6.07, 6.45) is 2.66. The van der Waals surface area contributed by atoms with Gasteiger partial charge in [0.1, 0.15) is 0 Å². The maximum atomic E-state index is 11.8. The Bertz CT molecular complexity index is 563. The molecule has 0 fully saturated rings. The van der Waals surface area contributed by atoms with Crippen LogP contribution in [0.15, 0.2) is 30.3 Å². The average molecular weight is 225 g/mol. The maximum Gasteiger partial charge on any atom is 0.164 e. The number of carbonyl (C=O) groups is 1. The number of aromatic amines is 1. The summed E-state index contributed by atoms with van der Waals surface area (Å²) in [6.45, 7) is 2.08. The van der Waals surface area contributed by atoms with Gasteiger partial charge in [-0.15, -0.1) is 0 Å². The van der Waals surface area contributed by atoms with Gasteiger partial charge in [-0.3, -0.25) is 4.79 Å². The number of fused-ring (bicyclic) bond motifs is 1. The SMILES string of the molecule is Cc1ccc(-c2cc3c([nH]2)CCCC3=O)cc1. The van der Waals surface area contributed by atoms with Crippen LogP contribution in [0.2, 0.25) is 0 Å². The standard InChI is InChI=1S/C15H15NO/c1-10-5-7-11(8-6-10)14-9-12-13(16-14)3-2-4-15(12)17/h5-9,16H,2-4H2,1H3. The largest absolute Gasteiger partial charge is 0.358 e. The molecular weight excluding hydrogens is 210 g/mol. The van der Waals surface area contributed by atoms with Gasteiger partial charge in [-0.1, -0.05) is 29.8 Å². The second-order valence-electron chi connectivity index (χ2n) is 4.72. The van der Waals surface area contributed by atoms with E-state index in [0.717, 1.165) is 35.4 Å². The molecule has 0 spiro atoms. The summed E-state index contributed by atoms with van der Waals surface area (Å²) < 4.78 is 0. The normalized spacial score (nSPS) is 14.8. The van der Waals surface area contributed by atoms with Crippen LogP contribution in [0.3, 0.4) is 0 Å². The number of H-pyrrole nitrogens is 1. The van der Waals surface area contributed by atoms with Gasteiger partial charge in [0.15, 0.2) is 5.78 Å². The third kappa shape index (κ3) is 1.80. The van der Waals surface area contributed by atoms with Gasteiger partial charge in [-0.05, 0) is 31.4 Å². The van der Waals surface area contributed by atoms with Gasteiger partial charge in [-0.2, -0.15) is 0 Å². The van der Waals surface area contributed by atoms with E-state index in [9.17, 15) is 4.79 Å². The van der Waals surface area contributed by atoms with E-state index < -0.39 is 0 Å². The summed E-state index contributed by atoms with van der Waals surface area (Å²) in [6, 6.07) is 10.4. The number of Topliss-reactive ketones (excluding diaryl/α,β-unsaturated/α-hetero) is 1. The topological polar surface area (TPSA) is 32.9 Å². The molecule has 1 aromatic heterocycles. The smallest absolute Gasteiger partial charge is 0.164 e. The zero-order chi connectivity index (χ0) is 11.8. The predicted octanol–water partition coefficient (Wildman–Crippen LogP) is 3.51. The molecule has 0 radical (unpaired) electrons. The summed E-state index contributed by atoms with van der Waals surface area (Å²) in [4.78, 5) is 15.1. The van der Waals surface area contributed by atoms with Gasteiger partial charge >= 0.3 is 0 Å². The number of ketones is 1. The highest BCUT2D eigenvalue weighted by Crippen LogP contribution is 2.27. The van der Waals surface area contributed by atoms with Gasteiger partial charge < -0.3 is 4.98 Å². The Morgan fingerprint density at radius 3 is 2.59 bits per heavy atom. The second kappa shape index (κ2) is 3.88. The molecule has 0 unspecified atom stereocenters. The number of hydrogen-bond acceptors (Lipinski definition) is 1. The highest BCUT2D eigenvalue weighted by Gasteiger charge is 2.19. The van der Waals surface area contributed by atoms with Crippen LogP contribution < -0.4 is 0 Å².